The molecular formula is C17H24ClN3O2. The Morgan fingerprint density at radius 3 is 2.83 bits per heavy atom. The first-order valence-corrected chi connectivity index (χ1v) is 8.12. The molecule has 0 aliphatic carbocycles. The first-order valence-electron chi connectivity index (χ1n) is 8.12. The van der Waals surface area contributed by atoms with Crippen LogP contribution < -0.4 is 10.2 Å². The van der Waals surface area contributed by atoms with Crippen molar-refractivity contribution in [1.82, 2.24) is 10.2 Å². The molecule has 5 nitrogen and oxygen atoms in total. The van der Waals surface area contributed by atoms with Crippen molar-refractivity contribution in [1.29, 1.82) is 0 Å². The SMILES string of the molecule is Cl.O=C(CCN1C(=O)CCc2ccccc21)N1CCCNCC1. The molecule has 6 heteroatoms. The minimum absolute atomic E-state index is 0. The Kier molecular flexibility index (Phi) is 6.42. The largest absolute Gasteiger partial charge is 0.341 e. The topological polar surface area (TPSA) is 52.7 Å². The molecule has 2 aliphatic heterocycles. The van der Waals surface area contributed by atoms with E-state index in [0.717, 1.165) is 44.7 Å². The highest BCUT2D eigenvalue weighted by atomic mass is 35.5. The lowest BCUT2D eigenvalue weighted by atomic mass is 10.0. The van der Waals surface area contributed by atoms with Gasteiger partial charge in [0.2, 0.25) is 11.8 Å². The molecule has 0 unspecified atom stereocenters. The zero-order chi connectivity index (χ0) is 15.4. The maximum atomic E-state index is 12.4. The van der Waals surface area contributed by atoms with Gasteiger partial charge in [-0.3, -0.25) is 9.59 Å². The van der Waals surface area contributed by atoms with Crippen molar-refractivity contribution in [3.63, 3.8) is 0 Å². The predicted octanol–water partition coefficient (Wildman–Crippen LogP) is 1.60. The number of carbonyl (C=O) groups is 2. The highest BCUT2D eigenvalue weighted by Crippen LogP contribution is 2.27. The Bertz CT molecular complexity index is 557. The van der Waals surface area contributed by atoms with Crippen LogP contribution in [0.2, 0.25) is 0 Å². The van der Waals surface area contributed by atoms with Crippen LogP contribution in [0.15, 0.2) is 24.3 Å². The van der Waals surface area contributed by atoms with Gasteiger partial charge in [0.25, 0.3) is 0 Å². The maximum absolute atomic E-state index is 12.4. The average molecular weight is 338 g/mol. The second-order valence-electron chi connectivity index (χ2n) is 5.91. The molecule has 0 bridgehead atoms. The number of halogens is 1. The van der Waals surface area contributed by atoms with Gasteiger partial charge in [0, 0.05) is 44.7 Å². The van der Waals surface area contributed by atoms with E-state index >= 15 is 0 Å². The van der Waals surface area contributed by atoms with E-state index in [2.05, 4.69) is 11.4 Å². The number of nitrogens with zero attached hydrogens (tertiary/aromatic N) is 2. The van der Waals surface area contributed by atoms with Crippen molar-refractivity contribution in [3.8, 4) is 0 Å². The molecule has 1 aromatic rings. The fourth-order valence-corrected chi connectivity index (χ4v) is 3.20. The standard InChI is InChI=1S/C17H23N3O2.ClH/c21-16(19-11-3-9-18-10-13-19)8-12-20-15-5-2-1-4-14(15)6-7-17(20)22;/h1-2,4-5,18H,3,6-13H2;1H. The molecule has 2 heterocycles. The highest BCUT2D eigenvalue weighted by Gasteiger charge is 2.25. The van der Waals surface area contributed by atoms with E-state index < -0.39 is 0 Å². The van der Waals surface area contributed by atoms with Crippen LogP contribution in [0.4, 0.5) is 5.69 Å². The summed E-state index contributed by atoms with van der Waals surface area (Å²) in [7, 11) is 0. The number of carbonyl (C=O) groups excluding carboxylic acids is 2. The van der Waals surface area contributed by atoms with Gasteiger partial charge in [0.15, 0.2) is 0 Å². The van der Waals surface area contributed by atoms with Crippen molar-refractivity contribution in [2.45, 2.75) is 25.7 Å². The van der Waals surface area contributed by atoms with Crippen LogP contribution in [0, 0.1) is 0 Å². The van der Waals surface area contributed by atoms with E-state index in [-0.39, 0.29) is 24.2 Å². The van der Waals surface area contributed by atoms with Gasteiger partial charge < -0.3 is 15.1 Å². The monoisotopic (exact) mass is 337 g/mol. The summed E-state index contributed by atoms with van der Waals surface area (Å²) in [6.45, 7) is 3.90. The number of fused-ring (bicyclic) bond motifs is 1. The molecule has 0 radical (unpaired) electrons. The number of benzene rings is 1. The number of aryl methyl sites for hydroxylation is 1. The van der Waals surface area contributed by atoms with Crippen molar-refractivity contribution >= 4 is 29.9 Å². The smallest absolute Gasteiger partial charge is 0.227 e. The van der Waals surface area contributed by atoms with Crippen molar-refractivity contribution < 1.29 is 9.59 Å². The molecule has 1 N–H and O–H groups in total. The fourth-order valence-electron chi connectivity index (χ4n) is 3.20. The lowest BCUT2D eigenvalue weighted by molar-refractivity contribution is -0.130. The number of hydrogen-bond acceptors (Lipinski definition) is 3. The third-order valence-electron chi connectivity index (χ3n) is 4.43. The van der Waals surface area contributed by atoms with Crippen LogP contribution in [0.3, 0.4) is 0 Å². The van der Waals surface area contributed by atoms with Crippen LogP contribution in [-0.2, 0) is 16.0 Å². The lowest BCUT2D eigenvalue weighted by Gasteiger charge is -2.30. The van der Waals surface area contributed by atoms with Gasteiger partial charge in [-0.25, -0.2) is 0 Å². The maximum Gasteiger partial charge on any atom is 0.227 e. The third-order valence-corrected chi connectivity index (χ3v) is 4.43. The Hall–Kier alpha value is -1.59. The molecule has 0 aromatic heterocycles. The first kappa shape index (κ1) is 17.8. The lowest BCUT2D eigenvalue weighted by Crippen LogP contribution is -2.40. The van der Waals surface area contributed by atoms with Crippen molar-refractivity contribution in [3.05, 3.63) is 29.8 Å². The minimum atomic E-state index is 0. The number of rotatable bonds is 3. The Labute approximate surface area is 143 Å². The third kappa shape index (κ3) is 4.24. The van der Waals surface area contributed by atoms with E-state index in [4.69, 9.17) is 0 Å². The second kappa shape index (κ2) is 8.31. The Balaban J connectivity index is 0.00000192. The summed E-state index contributed by atoms with van der Waals surface area (Å²) in [6, 6.07) is 8.00. The van der Waals surface area contributed by atoms with Gasteiger partial charge in [0.1, 0.15) is 0 Å². The van der Waals surface area contributed by atoms with Gasteiger partial charge >= 0.3 is 0 Å². The summed E-state index contributed by atoms with van der Waals surface area (Å²) in [6.07, 6.45) is 2.74. The van der Waals surface area contributed by atoms with E-state index in [1.54, 1.807) is 4.90 Å². The highest BCUT2D eigenvalue weighted by molar-refractivity contribution is 5.97. The molecule has 1 fully saturated rings. The molecule has 3 rings (SSSR count). The molecule has 2 amide bonds. The normalized spacial score (nSPS) is 18.0. The number of amides is 2. The zero-order valence-electron chi connectivity index (χ0n) is 13.3. The predicted molar refractivity (Wildman–Crippen MR) is 93.0 cm³/mol. The van der Waals surface area contributed by atoms with E-state index in [1.807, 2.05) is 23.1 Å². The average Bonchev–Trinajstić information content (AvgIpc) is 2.83. The molecule has 2 aliphatic rings. The fraction of sp³-hybridized carbons (Fsp3) is 0.529. The summed E-state index contributed by atoms with van der Waals surface area (Å²) in [5, 5.41) is 3.30. The van der Waals surface area contributed by atoms with Crippen LogP contribution in [-0.4, -0.2) is 49.4 Å². The summed E-state index contributed by atoms with van der Waals surface area (Å²) in [4.78, 5) is 28.3. The van der Waals surface area contributed by atoms with Gasteiger partial charge in [-0.05, 0) is 31.0 Å². The molecule has 0 saturated carbocycles. The summed E-state index contributed by atoms with van der Waals surface area (Å²) >= 11 is 0. The number of nitrogens with one attached hydrogen (secondary N) is 1. The zero-order valence-corrected chi connectivity index (χ0v) is 14.1. The Morgan fingerprint density at radius 2 is 1.96 bits per heavy atom. The van der Waals surface area contributed by atoms with E-state index in [1.165, 1.54) is 5.56 Å². The summed E-state index contributed by atoms with van der Waals surface area (Å²) in [5.74, 6) is 0.281. The van der Waals surface area contributed by atoms with Gasteiger partial charge in [0.05, 0.1) is 0 Å². The van der Waals surface area contributed by atoms with Crippen LogP contribution >= 0.6 is 12.4 Å². The molecule has 1 saturated heterocycles. The molecule has 126 valence electrons. The summed E-state index contributed by atoms with van der Waals surface area (Å²) in [5.41, 5.74) is 2.18. The number of anilines is 1. The van der Waals surface area contributed by atoms with Crippen molar-refractivity contribution in [2.75, 3.05) is 37.6 Å². The van der Waals surface area contributed by atoms with Gasteiger partial charge in [-0.2, -0.15) is 0 Å². The first-order chi connectivity index (χ1) is 10.8. The van der Waals surface area contributed by atoms with Crippen LogP contribution in [0.5, 0.6) is 0 Å². The Morgan fingerprint density at radius 1 is 1.13 bits per heavy atom. The molecule has 0 atom stereocenters. The molecule has 0 spiro atoms. The molecular weight excluding hydrogens is 314 g/mol. The van der Waals surface area contributed by atoms with Gasteiger partial charge in [-0.1, -0.05) is 18.2 Å². The molecule has 23 heavy (non-hydrogen) atoms. The van der Waals surface area contributed by atoms with Crippen molar-refractivity contribution in [2.24, 2.45) is 0 Å². The van der Waals surface area contributed by atoms with Crippen LogP contribution in [0.25, 0.3) is 0 Å². The molecule has 1 aromatic carbocycles. The van der Waals surface area contributed by atoms with E-state index in [0.29, 0.717) is 19.4 Å². The summed E-state index contributed by atoms with van der Waals surface area (Å²) < 4.78 is 0. The van der Waals surface area contributed by atoms with E-state index in [9.17, 15) is 9.59 Å². The minimum Gasteiger partial charge on any atom is -0.341 e. The quantitative estimate of drug-likeness (QED) is 0.911. The van der Waals surface area contributed by atoms with Crippen LogP contribution in [0.1, 0.15) is 24.8 Å². The second-order valence-corrected chi connectivity index (χ2v) is 5.91. The number of para-hydroxylation sites is 1. The number of hydrogen-bond donors (Lipinski definition) is 1. The van der Waals surface area contributed by atoms with Gasteiger partial charge in [-0.15, -0.1) is 12.4 Å².